The molecule has 0 saturated heterocycles. The van der Waals surface area contributed by atoms with Gasteiger partial charge in [0, 0.05) is 9.98 Å². The van der Waals surface area contributed by atoms with E-state index in [9.17, 15) is 4.91 Å². The van der Waals surface area contributed by atoms with Crippen molar-refractivity contribution in [1.82, 2.24) is 14.8 Å². The standard InChI is InChI=1S/C28H30N4O2.HO3P/c1-4-27(3,5-2)25(34-31-33)26-29-21-32(30-26)28(22-15-9-6-10-16-22,23-17-11-7-12-18-23)24-19-13-8-14-20-24;1-4(2)3/h6-21,25H,4-5H2,1-3H3;(H-,1,2,3)/p+1. The molecule has 0 fully saturated rings. The first kappa shape index (κ1) is 28.8. The molecule has 198 valence electrons. The van der Waals surface area contributed by atoms with Crippen LogP contribution >= 0.6 is 8.25 Å². The molecule has 1 atom stereocenters. The largest absolute Gasteiger partial charge is 0.692 e. The van der Waals surface area contributed by atoms with Crippen molar-refractivity contribution in [2.75, 3.05) is 0 Å². The van der Waals surface area contributed by atoms with E-state index in [4.69, 9.17) is 24.3 Å². The predicted molar refractivity (Wildman–Crippen MR) is 145 cm³/mol. The highest BCUT2D eigenvalue weighted by Crippen LogP contribution is 2.43. The van der Waals surface area contributed by atoms with Crippen molar-refractivity contribution in [2.24, 2.45) is 10.8 Å². The molecule has 1 heterocycles. The van der Waals surface area contributed by atoms with Gasteiger partial charge in [0.2, 0.25) is 0 Å². The summed E-state index contributed by atoms with van der Waals surface area (Å²) in [4.78, 5) is 35.5. The minimum absolute atomic E-state index is 0.338. The van der Waals surface area contributed by atoms with Crippen LogP contribution in [0.1, 0.15) is 62.2 Å². The molecule has 1 aromatic heterocycles. The quantitative estimate of drug-likeness (QED) is 0.105. The van der Waals surface area contributed by atoms with E-state index in [-0.39, 0.29) is 5.41 Å². The van der Waals surface area contributed by atoms with Gasteiger partial charge in [-0.15, -0.1) is 14.7 Å². The van der Waals surface area contributed by atoms with Crippen LogP contribution in [0, 0.1) is 10.3 Å². The number of benzene rings is 3. The maximum atomic E-state index is 11.2. The molecule has 38 heavy (non-hydrogen) atoms. The number of aromatic nitrogens is 3. The average Bonchev–Trinajstić information content (AvgIpc) is 3.43. The highest BCUT2D eigenvalue weighted by molar-refractivity contribution is 7.30. The second-order valence-electron chi connectivity index (χ2n) is 9.03. The van der Waals surface area contributed by atoms with Gasteiger partial charge < -0.3 is 4.84 Å². The average molecular weight is 536 g/mol. The van der Waals surface area contributed by atoms with Crippen molar-refractivity contribution >= 4 is 8.25 Å². The third-order valence-electron chi connectivity index (χ3n) is 7.06. The van der Waals surface area contributed by atoms with Crippen molar-refractivity contribution < 1.29 is 19.2 Å². The zero-order valence-corrected chi connectivity index (χ0v) is 22.5. The minimum Gasteiger partial charge on any atom is -0.352 e. The van der Waals surface area contributed by atoms with Crippen LogP contribution in [0.4, 0.5) is 0 Å². The number of hydrogen-bond donors (Lipinski definition) is 2. The molecule has 0 radical (unpaired) electrons. The van der Waals surface area contributed by atoms with Crippen molar-refractivity contribution in [3.05, 3.63) is 125 Å². The molecule has 4 rings (SSSR count). The molecule has 1 unspecified atom stereocenters. The zero-order chi connectivity index (χ0) is 27.6. The lowest BCUT2D eigenvalue weighted by Crippen LogP contribution is -2.38. The van der Waals surface area contributed by atoms with Gasteiger partial charge in [-0.3, -0.25) is 0 Å². The van der Waals surface area contributed by atoms with Crippen LogP contribution in [0.25, 0.3) is 0 Å². The molecule has 0 saturated carbocycles. The summed E-state index contributed by atoms with van der Waals surface area (Å²) < 4.78 is 10.6. The lowest BCUT2D eigenvalue weighted by atomic mass is 9.77. The molecule has 0 bridgehead atoms. The van der Waals surface area contributed by atoms with Gasteiger partial charge in [-0.1, -0.05) is 112 Å². The van der Waals surface area contributed by atoms with Crippen LogP contribution in [0.2, 0.25) is 0 Å². The second kappa shape index (κ2) is 13.1. The van der Waals surface area contributed by atoms with E-state index >= 15 is 0 Å². The Balaban J connectivity index is 0.000000934. The fourth-order valence-corrected chi connectivity index (χ4v) is 4.64. The first-order chi connectivity index (χ1) is 18.3. The Morgan fingerprint density at radius 1 is 0.868 bits per heavy atom. The number of rotatable bonds is 10. The van der Waals surface area contributed by atoms with Crippen LogP contribution in [-0.4, -0.2) is 24.6 Å². The highest BCUT2D eigenvalue weighted by atomic mass is 31.1. The van der Waals surface area contributed by atoms with Crippen LogP contribution in [-0.2, 0) is 14.9 Å². The number of nitrogens with zero attached hydrogens (tertiary/aromatic N) is 4. The fourth-order valence-electron chi connectivity index (χ4n) is 4.64. The van der Waals surface area contributed by atoms with E-state index < -0.39 is 19.9 Å². The third-order valence-corrected chi connectivity index (χ3v) is 7.06. The normalized spacial score (nSPS) is 12.1. The smallest absolute Gasteiger partial charge is 0.352 e. The SMILES string of the molecule is CCC(C)(CC)C(ON=O)c1ncn(C(c2ccccc2)(c2ccccc2)c2ccccc2)n1.O=[P+](O)O. The Morgan fingerprint density at radius 3 is 1.61 bits per heavy atom. The van der Waals surface area contributed by atoms with Gasteiger partial charge in [-0.2, -0.15) is 5.10 Å². The lowest BCUT2D eigenvalue weighted by molar-refractivity contribution is -0.0463. The van der Waals surface area contributed by atoms with Crippen molar-refractivity contribution in [3.63, 3.8) is 0 Å². The Kier molecular flexibility index (Phi) is 9.96. The molecule has 0 amide bonds. The van der Waals surface area contributed by atoms with E-state index in [1.165, 1.54) is 0 Å². The van der Waals surface area contributed by atoms with Crippen LogP contribution in [0.3, 0.4) is 0 Å². The summed E-state index contributed by atoms with van der Waals surface area (Å²) in [7, 11) is -2.87. The van der Waals surface area contributed by atoms with Gasteiger partial charge in [-0.25, -0.2) is 9.67 Å². The zero-order valence-electron chi connectivity index (χ0n) is 21.6. The first-order valence-corrected chi connectivity index (χ1v) is 13.4. The summed E-state index contributed by atoms with van der Waals surface area (Å²) in [6.45, 7) is 6.22. The highest BCUT2D eigenvalue weighted by Gasteiger charge is 2.42. The van der Waals surface area contributed by atoms with E-state index in [1.54, 1.807) is 6.33 Å². The van der Waals surface area contributed by atoms with Crippen molar-refractivity contribution in [3.8, 4) is 0 Å². The molecule has 0 spiro atoms. The Bertz CT molecular complexity index is 1200. The van der Waals surface area contributed by atoms with Gasteiger partial charge in [-0.05, 0) is 29.5 Å². The summed E-state index contributed by atoms with van der Waals surface area (Å²) in [6, 6.07) is 30.8. The van der Waals surface area contributed by atoms with E-state index in [0.29, 0.717) is 5.82 Å². The van der Waals surface area contributed by atoms with Gasteiger partial charge >= 0.3 is 8.25 Å². The lowest BCUT2D eigenvalue weighted by Gasteiger charge is -2.36. The Labute approximate surface area is 223 Å². The molecule has 0 aliphatic rings. The third kappa shape index (κ3) is 6.02. The molecule has 10 heteroatoms. The molecular formula is C28H32N4O5P+. The summed E-state index contributed by atoms with van der Waals surface area (Å²) in [5.41, 5.74) is 2.02. The molecule has 4 aromatic rings. The topological polar surface area (TPSA) is 127 Å². The molecule has 9 nitrogen and oxygen atoms in total. The summed E-state index contributed by atoms with van der Waals surface area (Å²) in [5, 5.41) is 7.76. The monoisotopic (exact) mass is 535 g/mol. The van der Waals surface area contributed by atoms with E-state index in [1.807, 2.05) is 59.3 Å². The second-order valence-corrected chi connectivity index (χ2v) is 9.54. The first-order valence-electron chi connectivity index (χ1n) is 12.3. The van der Waals surface area contributed by atoms with E-state index in [0.717, 1.165) is 29.5 Å². The van der Waals surface area contributed by atoms with Gasteiger partial charge in [0.05, 0.1) is 0 Å². The minimum atomic E-state index is -2.87. The molecule has 0 aliphatic heterocycles. The van der Waals surface area contributed by atoms with Crippen molar-refractivity contribution in [1.29, 1.82) is 0 Å². The van der Waals surface area contributed by atoms with Gasteiger partial charge in [0.15, 0.2) is 17.3 Å². The Hall–Kier alpha value is -3.78. The van der Waals surface area contributed by atoms with Crippen LogP contribution in [0.5, 0.6) is 0 Å². The maximum Gasteiger partial charge on any atom is 0.692 e. The molecule has 2 N–H and O–H groups in total. The fraction of sp³-hybridized carbons (Fsp3) is 0.286. The Morgan fingerprint density at radius 2 is 1.26 bits per heavy atom. The maximum absolute atomic E-state index is 11.2. The summed E-state index contributed by atoms with van der Waals surface area (Å²) in [5.74, 6) is 0.443. The number of hydrogen-bond acceptors (Lipinski definition) is 6. The summed E-state index contributed by atoms with van der Waals surface area (Å²) in [6.07, 6.45) is 2.66. The molecular weight excluding hydrogens is 503 g/mol. The van der Waals surface area contributed by atoms with Gasteiger partial charge in [0.25, 0.3) is 0 Å². The van der Waals surface area contributed by atoms with Crippen LogP contribution in [0.15, 0.2) is 103 Å². The van der Waals surface area contributed by atoms with Gasteiger partial charge in [0.1, 0.15) is 11.9 Å². The van der Waals surface area contributed by atoms with E-state index in [2.05, 4.69) is 67.5 Å². The molecule has 3 aromatic carbocycles. The predicted octanol–water partition coefficient (Wildman–Crippen LogP) is 6.31. The molecule has 0 aliphatic carbocycles. The van der Waals surface area contributed by atoms with Crippen LogP contribution < -0.4 is 0 Å². The summed E-state index contributed by atoms with van der Waals surface area (Å²) >= 11 is 0. The van der Waals surface area contributed by atoms with Crippen molar-refractivity contribution in [2.45, 2.75) is 45.3 Å².